The first-order chi connectivity index (χ1) is 5.37. The van der Waals surface area contributed by atoms with Gasteiger partial charge in [-0.05, 0) is 6.42 Å². The molecule has 0 saturated carbocycles. The summed E-state index contributed by atoms with van der Waals surface area (Å²) in [6.07, 6.45) is 5.50. The van der Waals surface area contributed by atoms with E-state index in [1.165, 1.54) is 25.7 Å². The Labute approximate surface area is 67.9 Å². The number of rotatable bonds is 4. The molecule has 64 valence electrons. The van der Waals surface area contributed by atoms with E-state index >= 15 is 0 Å². The molecule has 0 atom stereocenters. The van der Waals surface area contributed by atoms with Crippen LogP contribution in [0.2, 0.25) is 0 Å². The van der Waals surface area contributed by atoms with Gasteiger partial charge in [0.2, 0.25) is 0 Å². The molecular formula is C9H16O2. The first kappa shape index (κ1) is 7.56. The summed E-state index contributed by atoms with van der Waals surface area (Å²) in [6, 6.07) is 0. The van der Waals surface area contributed by atoms with E-state index in [1.54, 1.807) is 0 Å². The Kier molecular flexibility index (Phi) is 1.90. The highest BCUT2D eigenvalue weighted by atomic mass is 16.7. The van der Waals surface area contributed by atoms with E-state index in [9.17, 15) is 0 Å². The molecular weight excluding hydrogens is 140 g/mol. The zero-order valence-corrected chi connectivity index (χ0v) is 7.14. The van der Waals surface area contributed by atoms with E-state index in [2.05, 4.69) is 6.92 Å². The Bertz CT molecular complexity index is 136. The largest absolute Gasteiger partial charge is 0.351 e. The van der Waals surface area contributed by atoms with Crippen LogP contribution in [0, 0.1) is 5.41 Å². The third kappa shape index (κ3) is 1.09. The van der Waals surface area contributed by atoms with Crippen molar-refractivity contribution in [3.63, 3.8) is 0 Å². The predicted octanol–water partition coefficient (Wildman–Crippen LogP) is 1.94. The lowest BCUT2D eigenvalue weighted by Gasteiger charge is -2.56. The van der Waals surface area contributed by atoms with Gasteiger partial charge in [-0.15, -0.1) is 0 Å². The molecule has 0 aromatic rings. The van der Waals surface area contributed by atoms with Crippen molar-refractivity contribution in [2.24, 2.45) is 5.41 Å². The molecule has 2 rings (SSSR count). The summed E-state index contributed by atoms with van der Waals surface area (Å²) in [5.41, 5.74) is 0.467. The summed E-state index contributed by atoms with van der Waals surface area (Å²) in [5, 5.41) is 0. The zero-order chi connectivity index (χ0) is 7.73. The molecule has 0 aromatic heterocycles. The lowest BCUT2D eigenvalue weighted by Crippen LogP contribution is -2.64. The molecule has 2 saturated heterocycles. The smallest absolute Gasteiger partial charge is 0.167 e. The first-order valence-corrected chi connectivity index (χ1v) is 4.61. The maximum atomic E-state index is 5.24. The van der Waals surface area contributed by atoms with Crippen molar-refractivity contribution in [3.05, 3.63) is 0 Å². The van der Waals surface area contributed by atoms with Crippen LogP contribution in [0.4, 0.5) is 0 Å². The van der Waals surface area contributed by atoms with Crippen molar-refractivity contribution < 1.29 is 9.47 Å². The van der Waals surface area contributed by atoms with Crippen LogP contribution in [0.5, 0.6) is 0 Å². The standard InChI is InChI=1S/C9H16O2/c1-2-3-4-5-9-6-10-8(9)11-7-9/h8H,2-7H2,1H3. The molecule has 11 heavy (non-hydrogen) atoms. The molecule has 2 aliphatic heterocycles. The fraction of sp³-hybridized carbons (Fsp3) is 1.00. The molecule has 0 unspecified atom stereocenters. The molecule has 2 fully saturated rings. The quantitative estimate of drug-likeness (QED) is 0.579. The molecule has 2 heterocycles. The van der Waals surface area contributed by atoms with Crippen LogP contribution in [-0.2, 0) is 9.47 Å². The summed E-state index contributed by atoms with van der Waals surface area (Å²) < 4.78 is 10.5. The highest BCUT2D eigenvalue weighted by Crippen LogP contribution is 2.48. The second kappa shape index (κ2) is 2.76. The summed E-state index contributed by atoms with van der Waals surface area (Å²) in [7, 11) is 0. The van der Waals surface area contributed by atoms with Crippen LogP contribution in [0.25, 0.3) is 0 Å². The highest BCUT2D eigenvalue weighted by Gasteiger charge is 2.56. The number of hydrogen-bond donors (Lipinski definition) is 0. The average molecular weight is 156 g/mol. The van der Waals surface area contributed by atoms with Gasteiger partial charge in [0.1, 0.15) is 0 Å². The molecule has 0 bridgehead atoms. The van der Waals surface area contributed by atoms with E-state index in [4.69, 9.17) is 9.47 Å². The molecule has 0 N–H and O–H groups in total. The van der Waals surface area contributed by atoms with Crippen LogP contribution in [0.1, 0.15) is 32.6 Å². The maximum Gasteiger partial charge on any atom is 0.167 e. The molecule has 0 amide bonds. The van der Waals surface area contributed by atoms with E-state index in [-0.39, 0.29) is 6.29 Å². The summed E-state index contributed by atoms with van der Waals surface area (Å²) in [6.45, 7) is 4.13. The molecule has 2 aliphatic rings. The Hall–Kier alpha value is -0.0800. The van der Waals surface area contributed by atoms with E-state index in [1.807, 2.05) is 0 Å². The van der Waals surface area contributed by atoms with E-state index < -0.39 is 0 Å². The van der Waals surface area contributed by atoms with Gasteiger partial charge in [-0.25, -0.2) is 0 Å². The first-order valence-electron chi connectivity index (χ1n) is 4.61. The Morgan fingerprint density at radius 3 is 2.36 bits per heavy atom. The van der Waals surface area contributed by atoms with Gasteiger partial charge in [0, 0.05) is 0 Å². The average Bonchev–Trinajstić information content (AvgIpc) is 2.01. The van der Waals surface area contributed by atoms with Gasteiger partial charge in [-0.2, -0.15) is 0 Å². The monoisotopic (exact) mass is 156 g/mol. The Balaban J connectivity index is 1.69. The molecule has 0 radical (unpaired) electrons. The minimum Gasteiger partial charge on any atom is -0.351 e. The molecule has 0 aliphatic carbocycles. The van der Waals surface area contributed by atoms with Crippen molar-refractivity contribution in [1.29, 1.82) is 0 Å². The number of ether oxygens (including phenoxy) is 2. The van der Waals surface area contributed by atoms with Crippen molar-refractivity contribution in [2.75, 3.05) is 13.2 Å². The van der Waals surface area contributed by atoms with Crippen LogP contribution < -0.4 is 0 Å². The van der Waals surface area contributed by atoms with Crippen LogP contribution >= 0.6 is 0 Å². The van der Waals surface area contributed by atoms with Gasteiger partial charge in [-0.3, -0.25) is 0 Å². The Morgan fingerprint density at radius 1 is 1.27 bits per heavy atom. The number of fused-ring (bicyclic) bond motifs is 1. The summed E-state index contributed by atoms with van der Waals surface area (Å²) in [5.74, 6) is 0. The van der Waals surface area contributed by atoms with Crippen molar-refractivity contribution in [3.8, 4) is 0 Å². The van der Waals surface area contributed by atoms with Crippen molar-refractivity contribution in [2.45, 2.75) is 38.9 Å². The number of unbranched alkanes of at least 4 members (excludes halogenated alkanes) is 2. The second-order valence-electron chi connectivity index (χ2n) is 3.77. The SMILES string of the molecule is CCCCCC12COC1OC2. The van der Waals surface area contributed by atoms with Crippen LogP contribution in [-0.4, -0.2) is 19.5 Å². The third-order valence-corrected chi connectivity index (χ3v) is 2.82. The maximum absolute atomic E-state index is 5.24. The minimum absolute atomic E-state index is 0.180. The lowest BCUT2D eigenvalue weighted by molar-refractivity contribution is -0.407. The van der Waals surface area contributed by atoms with Crippen molar-refractivity contribution in [1.82, 2.24) is 0 Å². The molecule has 2 heteroatoms. The predicted molar refractivity (Wildman–Crippen MR) is 42.3 cm³/mol. The summed E-state index contributed by atoms with van der Waals surface area (Å²) in [4.78, 5) is 0. The molecule has 0 aromatic carbocycles. The van der Waals surface area contributed by atoms with Gasteiger partial charge in [0.25, 0.3) is 0 Å². The Morgan fingerprint density at radius 2 is 2.00 bits per heavy atom. The van der Waals surface area contributed by atoms with Gasteiger partial charge in [0.15, 0.2) is 6.29 Å². The molecule has 0 spiro atoms. The van der Waals surface area contributed by atoms with Gasteiger partial charge in [-0.1, -0.05) is 26.2 Å². The van der Waals surface area contributed by atoms with Gasteiger partial charge >= 0.3 is 0 Å². The fourth-order valence-electron chi connectivity index (χ4n) is 1.85. The topological polar surface area (TPSA) is 18.5 Å². The minimum atomic E-state index is 0.180. The zero-order valence-electron chi connectivity index (χ0n) is 7.14. The number of hydrogen-bond acceptors (Lipinski definition) is 2. The van der Waals surface area contributed by atoms with Gasteiger partial charge in [0.05, 0.1) is 18.6 Å². The third-order valence-electron chi connectivity index (χ3n) is 2.82. The summed E-state index contributed by atoms with van der Waals surface area (Å²) >= 11 is 0. The molecule has 2 nitrogen and oxygen atoms in total. The van der Waals surface area contributed by atoms with E-state index in [0.29, 0.717) is 5.41 Å². The van der Waals surface area contributed by atoms with Crippen LogP contribution in [0.15, 0.2) is 0 Å². The van der Waals surface area contributed by atoms with E-state index in [0.717, 1.165) is 13.2 Å². The normalized spacial score (nSPS) is 40.6. The van der Waals surface area contributed by atoms with Crippen molar-refractivity contribution >= 4 is 0 Å². The lowest BCUT2D eigenvalue weighted by atomic mass is 9.76. The fourth-order valence-corrected chi connectivity index (χ4v) is 1.85. The van der Waals surface area contributed by atoms with Gasteiger partial charge < -0.3 is 9.47 Å². The highest BCUT2D eigenvalue weighted by molar-refractivity contribution is 4.96. The second-order valence-corrected chi connectivity index (χ2v) is 3.77. The van der Waals surface area contributed by atoms with Crippen LogP contribution in [0.3, 0.4) is 0 Å².